The molecular weight excluding hydrogens is 336 g/mol. The lowest BCUT2D eigenvalue weighted by Gasteiger charge is -2.06. The summed E-state index contributed by atoms with van der Waals surface area (Å²) < 4.78 is 1.64. The highest BCUT2D eigenvalue weighted by molar-refractivity contribution is 6.30. The first-order chi connectivity index (χ1) is 12.1. The molecule has 0 bridgehead atoms. The second-order valence-electron chi connectivity index (χ2n) is 5.67. The third-order valence-electron chi connectivity index (χ3n) is 3.53. The molecule has 1 heterocycles. The SMILES string of the molecule is CN(C)C=Nc1c(C=O)c(-c2ccccc2)nn1-c1cccc(Cl)c1. The Labute approximate surface area is 151 Å². The zero-order valence-corrected chi connectivity index (χ0v) is 14.7. The Kier molecular flexibility index (Phi) is 4.95. The standard InChI is InChI=1S/C19H17ClN4O/c1-23(2)13-21-19-17(12-25)18(14-7-4-3-5-8-14)22-24(19)16-10-6-9-15(20)11-16/h3-13H,1-2H3. The molecule has 3 rings (SSSR count). The van der Waals surface area contributed by atoms with Gasteiger partial charge in [0.15, 0.2) is 12.1 Å². The van der Waals surface area contributed by atoms with Crippen LogP contribution in [-0.2, 0) is 0 Å². The number of carbonyl (C=O) groups is 1. The van der Waals surface area contributed by atoms with Crippen LogP contribution in [0.2, 0.25) is 5.02 Å². The topological polar surface area (TPSA) is 50.5 Å². The number of aldehydes is 1. The van der Waals surface area contributed by atoms with Gasteiger partial charge < -0.3 is 4.90 Å². The molecule has 0 aliphatic carbocycles. The van der Waals surface area contributed by atoms with Crippen LogP contribution in [0.4, 0.5) is 5.82 Å². The number of hydrogen-bond acceptors (Lipinski definition) is 3. The van der Waals surface area contributed by atoms with Crippen LogP contribution >= 0.6 is 11.6 Å². The number of halogens is 1. The summed E-state index contributed by atoms with van der Waals surface area (Å²) in [5, 5.41) is 5.22. The molecule has 0 radical (unpaired) electrons. The molecule has 126 valence electrons. The van der Waals surface area contributed by atoms with Gasteiger partial charge in [0.2, 0.25) is 0 Å². The molecule has 0 fully saturated rings. The molecule has 0 spiro atoms. The van der Waals surface area contributed by atoms with Gasteiger partial charge in [0, 0.05) is 24.7 Å². The number of carbonyl (C=O) groups excluding carboxylic acids is 1. The highest BCUT2D eigenvalue weighted by Crippen LogP contribution is 2.32. The lowest BCUT2D eigenvalue weighted by atomic mass is 10.1. The molecule has 0 saturated carbocycles. The van der Waals surface area contributed by atoms with E-state index in [-0.39, 0.29) is 0 Å². The molecule has 0 aliphatic rings. The second-order valence-corrected chi connectivity index (χ2v) is 6.11. The van der Waals surface area contributed by atoms with Gasteiger partial charge in [0.05, 0.1) is 17.6 Å². The highest BCUT2D eigenvalue weighted by Gasteiger charge is 2.19. The predicted octanol–water partition coefficient (Wildman–Crippen LogP) is 4.23. The van der Waals surface area contributed by atoms with E-state index in [0.717, 1.165) is 17.5 Å². The van der Waals surface area contributed by atoms with E-state index in [9.17, 15) is 4.79 Å². The first-order valence-corrected chi connectivity index (χ1v) is 8.08. The Hall–Kier alpha value is -2.92. The average Bonchev–Trinajstić information content (AvgIpc) is 2.99. The second kappa shape index (κ2) is 7.32. The van der Waals surface area contributed by atoms with Crippen molar-refractivity contribution >= 4 is 30.0 Å². The number of nitrogens with zero attached hydrogens (tertiary/aromatic N) is 4. The lowest BCUT2D eigenvalue weighted by molar-refractivity contribution is 0.112. The first kappa shape index (κ1) is 16.9. The zero-order chi connectivity index (χ0) is 17.8. The Morgan fingerprint density at radius 3 is 2.52 bits per heavy atom. The Morgan fingerprint density at radius 1 is 1.12 bits per heavy atom. The van der Waals surface area contributed by atoms with E-state index in [1.54, 1.807) is 28.1 Å². The van der Waals surface area contributed by atoms with Crippen molar-refractivity contribution in [3.05, 3.63) is 65.2 Å². The maximum atomic E-state index is 11.8. The molecule has 1 aromatic heterocycles. The van der Waals surface area contributed by atoms with E-state index in [1.165, 1.54) is 0 Å². The Bertz CT molecular complexity index is 916. The van der Waals surface area contributed by atoms with Crippen molar-refractivity contribution in [1.29, 1.82) is 0 Å². The van der Waals surface area contributed by atoms with E-state index in [4.69, 9.17) is 11.6 Å². The molecule has 0 aliphatic heterocycles. The number of hydrogen-bond donors (Lipinski definition) is 0. The summed E-state index contributed by atoms with van der Waals surface area (Å²) in [5.74, 6) is 0.463. The van der Waals surface area contributed by atoms with Crippen molar-refractivity contribution in [2.45, 2.75) is 0 Å². The van der Waals surface area contributed by atoms with Gasteiger partial charge in [0.1, 0.15) is 5.69 Å². The smallest absolute Gasteiger partial charge is 0.168 e. The molecular formula is C19H17ClN4O. The van der Waals surface area contributed by atoms with Crippen LogP contribution in [0.5, 0.6) is 0 Å². The van der Waals surface area contributed by atoms with E-state index in [1.807, 2.05) is 56.6 Å². The van der Waals surface area contributed by atoms with E-state index in [0.29, 0.717) is 22.1 Å². The van der Waals surface area contributed by atoms with Crippen LogP contribution in [0.15, 0.2) is 59.6 Å². The maximum Gasteiger partial charge on any atom is 0.168 e. The monoisotopic (exact) mass is 352 g/mol. The number of benzene rings is 2. The van der Waals surface area contributed by atoms with Crippen molar-refractivity contribution in [3.63, 3.8) is 0 Å². The van der Waals surface area contributed by atoms with Crippen LogP contribution in [0, 0.1) is 0 Å². The quantitative estimate of drug-likeness (QED) is 0.392. The molecule has 0 atom stereocenters. The van der Waals surface area contributed by atoms with Crippen LogP contribution in [0.25, 0.3) is 16.9 Å². The highest BCUT2D eigenvalue weighted by atomic mass is 35.5. The fourth-order valence-electron chi connectivity index (χ4n) is 2.42. The van der Waals surface area contributed by atoms with Gasteiger partial charge in [-0.05, 0) is 18.2 Å². The van der Waals surface area contributed by atoms with Gasteiger partial charge in [-0.15, -0.1) is 0 Å². The van der Waals surface area contributed by atoms with Crippen LogP contribution < -0.4 is 0 Å². The number of rotatable bonds is 5. The number of aromatic nitrogens is 2. The van der Waals surface area contributed by atoms with Crippen LogP contribution in [0.3, 0.4) is 0 Å². The molecule has 25 heavy (non-hydrogen) atoms. The zero-order valence-electron chi connectivity index (χ0n) is 13.9. The molecule has 0 saturated heterocycles. The molecule has 5 nitrogen and oxygen atoms in total. The maximum absolute atomic E-state index is 11.8. The van der Waals surface area contributed by atoms with Gasteiger partial charge in [-0.2, -0.15) is 5.10 Å². The van der Waals surface area contributed by atoms with Gasteiger partial charge in [0.25, 0.3) is 0 Å². The van der Waals surface area contributed by atoms with Crippen molar-refractivity contribution in [2.75, 3.05) is 14.1 Å². The number of aliphatic imine (C=N–C) groups is 1. The minimum Gasteiger partial charge on any atom is -0.369 e. The summed E-state index contributed by atoms with van der Waals surface area (Å²) in [4.78, 5) is 18.1. The summed E-state index contributed by atoms with van der Waals surface area (Å²) in [6.07, 6.45) is 2.43. The molecule has 0 amide bonds. The Balaban J connectivity index is 2.26. The summed E-state index contributed by atoms with van der Waals surface area (Å²) in [6.45, 7) is 0. The summed E-state index contributed by atoms with van der Waals surface area (Å²) in [7, 11) is 3.73. The van der Waals surface area contributed by atoms with Gasteiger partial charge >= 0.3 is 0 Å². The summed E-state index contributed by atoms with van der Waals surface area (Å²) in [5.41, 5.74) is 2.61. The molecule has 2 aromatic carbocycles. The summed E-state index contributed by atoms with van der Waals surface area (Å²) in [6, 6.07) is 16.8. The lowest BCUT2D eigenvalue weighted by Crippen LogP contribution is -2.07. The van der Waals surface area contributed by atoms with E-state index in [2.05, 4.69) is 10.1 Å². The van der Waals surface area contributed by atoms with E-state index < -0.39 is 0 Å². The first-order valence-electron chi connectivity index (χ1n) is 7.70. The van der Waals surface area contributed by atoms with Crippen molar-refractivity contribution in [1.82, 2.24) is 14.7 Å². The predicted molar refractivity (Wildman–Crippen MR) is 101 cm³/mol. The van der Waals surface area contributed by atoms with Crippen molar-refractivity contribution in [2.24, 2.45) is 4.99 Å². The van der Waals surface area contributed by atoms with Gasteiger partial charge in [-0.25, -0.2) is 9.67 Å². The average molecular weight is 353 g/mol. The molecule has 0 N–H and O–H groups in total. The fraction of sp³-hybridized carbons (Fsp3) is 0.105. The molecule has 0 unspecified atom stereocenters. The van der Waals surface area contributed by atoms with Gasteiger partial charge in [-0.3, -0.25) is 4.79 Å². The van der Waals surface area contributed by atoms with Crippen LogP contribution in [-0.4, -0.2) is 41.4 Å². The minimum atomic E-state index is 0.435. The largest absolute Gasteiger partial charge is 0.369 e. The fourth-order valence-corrected chi connectivity index (χ4v) is 2.61. The van der Waals surface area contributed by atoms with Crippen molar-refractivity contribution in [3.8, 4) is 16.9 Å². The van der Waals surface area contributed by atoms with Crippen LogP contribution in [0.1, 0.15) is 10.4 Å². The Morgan fingerprint density at radius 2 is 1.88 bits per heavy atom. The third-order valence-corrected chi connectivity index (χ3v) is 3.76. The molecule has 3 aromatic rings. The molecule has 6 heteroatoms. The van der Waals surface area contributed by atoms with Crippen molar-refractivity contribution < 1.29 is 4.79 Å². The normalized spacial score (nSPS) is 11.0. The third kappa shape index (κ3) is 3.61. The minimum absolute atomic E-state index is 0.435. The van der Waals surface area contributed by atoms with E-state index >= 15 is 0 Å². The van der Waals surface area contributed by atoms with Gasteiger partial charge in [-0.1, -0.05) is 48.0 Å². The summed E-state index contributed by atoms with van der Waals surface area (Å²) >= 11 is 6.11.